The summed E-state index contributed by atoms with van der Waals surface area (Å²) in [7, 11) is 0. The average molecular weight is 278 g/mol. The second kappa shape index (κ2) is 6.15. The predicted molar refractivity (Wildman–Crippen MR) is 76.1 cm³/mol. The maximum atomic E-state index is 11.8. The number of nitrogens with one attached hydrogen (secondary N) is 3. The second-order valence-electron chi connectivity index (χ2n) is 4.12. The molecule has 0 radical (unpaired) electrons. The molecule has 0 unspecified atom stereocenters. The monoisotopic (exact) mass is 278 g/mol. The van der Waals surface area contributed by atoms with Crippen molar-refractivity contribution in [2.24, 2.45) is 5.84 Å². The highest BCUT2D eigenvalue weighted by Crippen LogP contribution is 2.23. The van der Waals surface area contributed by atoms with Crippen molar-refractivity contribution < 1.29 is 4.79 Å². The van der Waals surface area contributed by atoms with E-state index in [9.17, 15) is 4.79 Å². The Bertz CT molecular complexity index is 595. The second-order valence-corrected chi connectivity index (χ2v) is 4.12. The van der Waals surface area contributed by atoms with Crippen molar-refractivity contribution in [1.29, 1.82) is 0 Å². The third-order valence-corrected chi connectivity index (χ3v) is 2.81. The molecule has 0 saturated carbocycles. The number of aromatic amines is 1. The van der Waals surface area contributed by atoms with E-state index in [4.69, 9.17) is 5.84 Å². The quantitative estimate of drug-likeness (QED) is 0.418. The summed E-state index contributed by atoms with van der Waals surface area (Å²) in [5.74, 6) is 6.18. The number of likely N-dealkylation sites (N-methyl/N-ethyl adjacent to an activating group) is 2. The van der Waals surface area contributed by atoms with Gasteiger partial charge >= 0.3 is 0 Å². The number of hydrazine groups is 1. The predicted octanol–water partition coefficient (Wildman–Crippen LogP) is -0.399. The summed E-state index contributed by atoms with van der Waals surface area (Å²) in [6.07, 6.45) is 1.63. The third-order valence-electron chi connectivity index (χ3n) is 2.81. The number of nitrogens with two attached hydrogens (primary N) is 1. The Morgan fingerprint density at radius 1 is 1.45 bits per heavy atom. The van der Waals surface area contributed by atoms with Crippen LogP contribution in [0.4, 0.5) is 11.8 Å². The molecule has 0 bridgehead atoms. The first kappa shape index (κ1) is 14.0. The zero-order chi connectivity index (χ0) is 14.5. The number of hydrogen-bond acceptors (Lipinski definition) is 7. The number of carbonyl (C=O) groups is 1. The van der Waals surface area contributed by atoms with Crippen LogP contribution >= 0.6 is 0 Å². The number of nitrogen functional groups attached to an aromatic ring is 1. The summed E-state index contributed by atoms with van der Waals surface area (Å²) in [5.41, 5.74) is 2.98. The Labute approximate surface area is 115 Å². The summed E-state index contributed by atoms with van der Waals surface area (Å²) in [4.78, 5) is 22.1. The lowest BCUT2D eigenvalue weighted by molar-refractivity contribution is -0.119. The van der Waals surface area contributed by atoms with Crippen LogP contribution in [0.15, 0.2) is 6.20 Å². The molecule has 2 rings (SSSR count). The maximum Gasteiger partial charge on any atom is 0.241 e. The van der Waals surface area contributed by atoms with Gasteiger partial charge in [0.2, 0.25) is 11.9 Å². The summed E-state index contributed by atoms with van der Waals surface area (Å²) < 4.78 is 0. The molecule has 0 aliphatic heterocycles. The van der Waals surface area contributed by atoms with E-state index in [2.05, 4.69) is 30.9 Å². The molecule has 2 aromatic heterocycles. The number of aromatic nitrogens is 4. The maximum absolute atomic E-state index is 11.8. The van der Waals surface area contributed by atoms with Crippen molar-refractivity contribution in [2.75, 3.05) is 30.0 Å². The minimum Gasteiger partial charge on any atom is -0.355 e. The highest BCUT2D eigenvalue weighted by molar-refractivity contribution is 5.90. The van der Waals surface area contributed by atoms with E-state index in [1.165, 1.54) is 0 Å². The zero-order valence-electron chi connectivity index (χ0n) is 11.5. The van der Waals surface area contributed by atoms with Crippen LogP contribution in [0.2, 0.25) is 0 Å². The number of hydrogen-bond donors (Lipinski definition) is 4. The summed E-state index contributed by atoms with van der Waals surface area (Å²) in [6.45, 7) is 5.26. The van der Waals surface area contributed by atoms with Crippen LogP contribution in [-0.2, 0) is 4.79 Å². The van der Waals surface area contributed by atoms with Gasteiger partial charge in [0.15, 0.2) is 5.65 Å². The fourth-order valence-corrected chi connectivity index (χ4v) is 1.89. The van der Waals surface area contributed by atoms with Crippen LogP contribution in [0.1, 0.15) is 13.8 Å². The van der Waals surface area contributed by atoms with E-state index in [1.54, 1.807) is 6.20 Å². The van der Waals surface area contributed by atoms with E-state index in [-0.39, 0.29) is 18.4 Å². The highest BCUT2D eigenvalue weighted by atomic mass is 16.2. The Hall–Kier alpha value is -2.42. The minimum absolute atomic E-state index is 0.0631. The number of carbonyl (C=O) groups excluding carboxylic acids is 1. The molecular formula is C11H18N8O. The molecule has 20 heavy (non-hydrogen) atoms. The molecule has 0 fully saturated rings. The third kappa shape index (κ3) is 2.77. The molecule has 9 nitrogen and oxygen atoms in total. The molecule has 0 aliphatic rings. The smallest absolute Gasteiger partial charge is 0.241 e. The molecule has 0 aromatic carbocycles. The van der Waals surface area contributed by atoms with E-state index in [1.807, 2.05) is 18.7 Å². The van der Waals surface area contributed by atoms with Gasteiger partial charge in [0.25, 0.3) is 0 Å². The highest BCUT2D eigenvalue weighted by Gasteiger charge is 2.17. The molecule has 9 heteroatoms. The van der Waals surface area contributed by atoms with Gasteiger partial charge in [-0.3, -0.25) is 15.3 Å². The van der Waals surface area contributed by atoms with Crippen molar-refractivity contribution in [3.63, 3.8) is 0 Å². The molecule has 0 aliphatic carbocycles. The van der Waals surface area contributed by atoms with Crippen molar-refractivity contribution >= 4 is 28.7 Å². The van der Waals surface area contributed by atoms with Gasteiger partial charge < -0.3 is 10.2 Å². The Balaban J connectivity index is 2.37. The first-order valence-corrected chi connectivity index (χ1v) is 6.39. The van der Waals surface area contributed by atoms with Crippen molar-refractivity contribution in [3.8, 4) is 0 Å². The Kier molecular flexibility index (Phi) is 4.31. The lowest BCUT2D eigenvalue weighted by Crippen LogP contribution is -2.37. The van der Waals surface area contributed by atoms with Crippen molar-refractivity contribution in [3.05, 3.63) is 6.20 Å². The molecule has 2 heterocycles. The standard InChI is InChI=1S/C11H18N8O/c1-3-13-8(20)6-19(4-2)10-7-5-14-18-9(7)15-11(16-10)17-12/h5H,3-4,6,12H2,1-2H3,(H,13,20)(H2,14,15,16,17,18). The first-order valence-electron chi connectivity index (χ1n) is 6.39. The number of rotatable bonds is 6. The first-order chi connectivity index (χ1) is 9.69. The summed E-state index contributed by atoms with van der Waals surface area (Å²) in [6, 6.07) is 0. The van der Waals surface area contributed by atoms with Crippen LogP contribution in [-0.4, -0.2) is 45.7 Å². The SMILES string of the molecule is CCNC(=O)CN(CC)c1nc(NN)nc2[nH]ncc12. The molecule has 0 saturated heterocycles. The minimum atomic E-state index is -0.0631. The van der Waals surface area contributed by atoms with Crippen LogP contribution in [0.25, 0.3) is 11.0 Å². The van der Waals surface area contributed by atoms with E-state index in [0.29, 0.717) is 24.6 Å². The number of H-pyrrole nitrogens is 1. The van der Waals surface area contributed by atoms with Gasteiger partial charge in [0, 0.05) is 13.1 Å². The van der Waals surface area contributed by atoms with E-state index >= 15 is 0 Å². The summed E-state index contributed by atoms with van der Waals surface area (Å²) in [5, 5.41) is 10.2. The Morgan fingerprint density at radius 3 is 2.90 bits per heavy atom. The van der Waals surface area contributed by atoms with Gasteiger partial charge in [-0.05, 0) is 13.8 Å². The van der Waals surface area contributed by atoms with Crippen LogP contribution < -0.4 is 21.5 Å². The number of fused-ring (bicyclic) bond motifs is 1. The van der Waals surface area contributed by atoms with E-state index in [0.717, 1.165) is 5.39 Å². The van der Waals surface area contributed by atoms with Crippen LogP contribution in [0.5, 0.6) is 0 Å². The molecule has 0 atom stereocenters. The average Bonchev–Trinajstić information content (AvgIpc) is 2.92. The number of anilines is 2. The van der Waals surface area contributed by atoms with Gasteiger partial charge in [0.05, 0.1) is 18.1 Å². The Morgan fingerprint density at radius 2 is 2.25 bits per heavy atom. The molecular weight excluding hydrogens is 260 g/mol. The van der Waals surface area contributed by atoms with E-state index < -0.39 is 0 Å². The molecule has 2 aromatic rings. The number of nitrogens with zero attached hydrogens (tertiary/aromatic N) is 4. The van der Waals surface area contributed by atoms with Crippen LogP contribution in [0.3, 0.4) is 0 Å². The normalized spacial score (nSPS) is 10.6. The largest absolute Gasteiger partial charge is 0.355 e. The van der Waals surface area contributed by atoms with Gasteiger partial charge in [-0.15, -0.1) is 0 Å². The van der Waals surface area contributed by atoms with Gasteiger partial charge in [-0.1, -0.05) is 0 Å². The van der Waals surface area contributed by atoms with Crippen molar-refractivity contribution in [1.82, 2.24) is 25.5 Å². The lowest BCUT2D eigenvalue weighted by Gasteiger charge is -2.22. The lowest BCUT2D eigenvalue weighted by atomic mass is 10.3. The fraction of sp³-hybridized carbons (Fsp3) is 0.455. The van der Waals surface area contributed by atoms with Gasteiger partial charge in [-0.25, -0.2) is 5.84 Å². The molecule has 0 spiro atoms. The fourth-order valence-electron chi connectivity index (χ4n) is 1.89. The molecule has 5 N–H and O–H groups in total. The van der Waals surface area contributed by atoms with Gasteiger partial charge in [0.1, 0.15) is 5.82 Å². The summed E-state index contributed by atoms with van der Waals surface area (Å²) >= 11 is 0. The van der Waals surface area contributed by atoms with Gasteiger partial charge in [-0.2, -0.15) is 15.1 Å². The molecule has 1 amide bonds. The number of amides is 1. The molecule has 108 valence electrons. The zero-order valence-corrected chi connectivity index (χ0v) is 11.5. The topological polar surface area (TPSA) is 125 Å². The van der Waals surface area contributed by atoms with Crippen LogP contribution in [0, 0.1) is 0 Å². The van der Waals surface area contributed by atoms with Crippen molar-refractivity contribution in [2.45, 2.75) is 13.8 Å².